The molecule has 1 rings (SSSR count). The number of hydrogen-bond donors (Lipinski definition) is 2. The first-order valence-corrected chi connectivity index (χ1v) is 7.81. The quantitative estimate of drug-likeness (QED) is 0.413. The number of nitrogens with one attached hydrogen (secondary N) is 2. The van der Waals surface area contributed by atoms with Crippen molar-refractivity contribution in [2.45, 2.75) is 33.2 Å². The largest absolute Gasteiger partial charge is 0.357 e. The van der Waals surface area contributed by atoms with Crippen LogP contribution in [0.15, 0.2) is 29.3 Å². The van der Waals surface area contributed by atoms with Crippen LogP contribution < -0.4 is 10.6 Å². The molecule has 1 atom stereocenters. The van der Waals surface area contributed by atoms with E-state index < -0.39 is 0 Å². The SMILES string of the molecule is CCNC(=NCC(=O)N(C)C)NC(C)c1ccc(CC)cc1.I. The highest BCUT2D eigenvalue weighted by atomic mass is 127. The highest BCUT2D eigenvalue weighted by Crippen LogP contribution is 2.13. The average molecular weight is 432 g/mol. The van der Waals surface area contributed by atoms with Crippen LogP contribution in [0.3, 0.4) is 0 Å². The summed E-state index contributed by atoms with van der Waals surface area (Å²) in [6.45, 7) is 7.13. The van der Waals surface area contributed by atoms with Gasteiger partial charge in [-0.3, -0.25) is 4.79 Å². The Morgan fingerprint density at radius 3 is 2.30 bits per heavy atom. The molecular formula is C17H29IN4O. The van der Waals surface area contributed by atoms with Crippen molar-refractivity contribution in [3.05, 3.63) is 35.4 Å². The lowest BCUT2D eigenvalue weighted by Gasteiger charge is -2.18. The lowest BCUT2D eigenvalue weighted by atomic mass is 10.1. The van der Waals surface area contributed by atoms with Crippen molar-refractivity contribution in [3.63, 3.8) is 0 Å². The fourth-order valence-corrected chi connectivity index (χ4v) is 1.94. The van der Waals surface area contributed by atoms with Gasteiger partial charge in [0.05, 0.1) is 6.04 Å². The second kappa shape index (κ2) is 11.3. The van der Waals surface area contributed by atoms with Crippen molar-refractivity contribution in [1.82, 2.24) is 15.5 Å². The Bertz CT molecular complexity index is 500. The zero-order chi connectivity index (χ0) is 16.5. The number of hydrogen-bond acceptors (Lipinski definition) is 2. The molecule has 1 amide bonds. The number of rotatable bonds is 6. The van der Waals surface area contributed by atoms with Crippen molar-refractivity contribution < 1.29 is 4.79 Å². The van der Waals surface area contributed by atoms with E-state index in [-0.39, 0.29) is 42.5 Å². The fraction of sp³-hybridized carbons (Fsp3) is 0.529. The third-order valence-corrected chi connectivity index (χ3v) is 3.46. The standard InChI is InChI=1S/C17H28N4O.HI/c1-6-14-8-10-15(11-9-14)13(3)20-17(18-7-2)19-12-16(22)21(4)5;/h8-11,13H,6-7,12H2,1-5H3,(H2,18,19,20);1H. The van der Waals surface area contributed by atoms with Crippen LogP contribution in [0.5, 0.6) is 0 Å². The molecule has 0 aliphatic carbocycles. The molecule has 0 aliphatic rings. The van der Waals surface area contributed by atoms with Gasteiger partial charge in [0.25, 0.3) is 0 Å². The second-order valence-electron chi connectivity index (χ2n) is 5.44. The summed E-state index contributed by atoms with van der Waals surface area (Å²) in [5, 5.41) is 6.50. The van der Waals surface area contributed by atoms with E-state index in [4.69, 9.17) is 0 Å². The summed E-state index contributed by atoms with van der Waals surface area (Å²) in [4.78, 5) is 17.5. The molecule has 0 aliphatic heterocycles. The maximum absolute atomic E-state index is 11.6. The number of guanidine groups is 1. The maximum atomic E-state index is 11.6. The van der Waals surface area contributed by atoms with Gasteiger partial charge < -0.3 is 15.5 Å². The Kier molecular flexibility index (Phi) is 10.6. The van der Waals surface area contributed by atoms with Crippen LogP contribution in [-0.2, 0) is 11.2 Å². The highest BCUT2D eigenvalue weighted by molar-refractivity contribution is 14.0. The van der Waals surface area contributed by atoms with Gasteiger partial charge in [0.15, 0.2) is 5.96 Å². The van der Waals surface area contributed by atoms with Gasteiger partial charge in [-0.1, -0.05) is 31.2 Å². The number of aliphatic imine (C=N–C) groups is 1. The van der Waals surface area contributed by atoms with E-state index in [2.05, 4.69) is 53.7 Å². The number of nitrogens with zero attached hydrogens (tertiary/aromatic N) is 2. The van der Waals surface area contributed by atoms with Crippen LogP contribution in [0, 0.1) is 0 Å². The van der Waals surface area contributed by atoms with Gasteiger partial charge in [-0.15, -0.1) is 24.0 Å². The molecule has 0 radical (unpaired) electrons. The molecule has 6 heteroatoms. The Hall–Kier alpha value is -1.31. The lowest BCUT2D eigenvalue weighted by Crippen LogP contribution is -2.39. The molecule has 0 spiro atoms. The number of likely N-dealkylation sites (N-methyl/N-ethyl adjacent to an activating group) is 1. The molecule has 130 valence electrons. The summed E-state index contributed by atoms with van der Waals surface area (Å²) in [6.07, 6.45) is 1.04. The van der Waals surface area contributed by atoms with Gasteiger partial charge >= 0.3 is 0 Å². The predicted molar refractivity (Wildman–Crippen MR) is 107 cm³/mol. The van der Waals surface area contributed by atoms with Crippen molar-refractivity contribution >= 4 is 35.8 Å². The number of benzene rings is 1. The molecule has 0 saturated heterocycles. The fourth-order valence-electron chi connectivity index (χ4n) is 1.94. The number of carbonyl (C=O) groups excluding carboxylic acids is 1. The first kappa shape index (κ1) is 21.7. The molecule has 5 nitrogen and oxygen atoms in total. The maximum Gasteiger partial charge on any atom is 0.243 e. The Morgan fingerprint density at radius 1 is 1.22 bits per heavy atom. The van der Waals surface area contributed by atoms with Crippen LogP contribution in [0.25, 0.3) is 0 Å². The number of aryl methyl sites for hydroxylation is 1. The van der Waals surface area contributed by atoms with Crippen molar-refractivity contribution in [3.8, 4) is 0 Å². The third kappa shape index (κ3) is 7.67. The Balaban J connectivity index is 0.00000484. The lowest BCUT2D eigenvalue weighted by molar-refractivity contribution is -0.127. The van der Waals surface area contributed by atoms with Gasteiger partial charge in [0.1, 0.15) is 6.54 Å². The first-order chi connectivity index (χ1) is 10.5. The van der Waals surface area contributed by atoms with E-state index in [1.54, 1.807) is 19.0 Å². The minimum absolute atomic E-state index is 0. The summed E-state index contributed by atoms with van der Waals surface area (Å²) in [5.74, 6) is 0.641. The van der Waals surface area contributed by atoms with Crippen molar-refractivity contribution in [2.75, 3.05) is 27.2 Å². The van der Waals surface area contributed by atoms with Crippen molar-refractivity contribution in [2.24, 2.45) is 4.99 Å². The third-order valence-electron chi connectivity index (χ3n) is 3.46. The van der Waals surface area contributed by atoms with Gasteiger partial charge in [0.2, 0.25) is 5.91 Å². The molecule has 1 unspecified atom stereocenters. The van der Waals surface area contributed by atoms with Crippen LogP contribution in [-0.4, -0.2) is 44.0 Å². The van der Waals surface area contributed by atoms with Crippen molar-refractivity contribution in [1.29, 1.82) is 0 Å². The van der Waals surface area contributed by atoms with Gasteiger partial charge in [-0.05, 0) is 31.4 Å². The molecule has 0 saturated carbocycles. The normalized spacial score (nSPS) is 12.1. The van der Waals surface area contributed by atoms with Gasteiger partial charge in [-0.25, -0.2) is 4.99 Å². The van der Waals surface area contributed by atoms with Crippen LogP contribution in [0.1, 0.15) is 37.9 Å². The van der Waals surface area contributed by atoms with E-state index in [1.165, 1.54) is 11.1 Å². The molecule has 23 heavy (non-hydrogen) atoms. The molecule has 1 aromatic carbocycles. The molecule has 1 aromatic rings. The number of halogens is 1. The van der Waals surface area contributed by atoms with E-state index in [0.29, 0.717) is 5.96 Å². The highest BCUT2D eigenvalue weighted by Gasteiger charge is 2.09. The molecule has 0 heterocycles. The number of amides is 1. The monoisotopic (exact) mass is 432 g/mol. The molecule has 0 bridgehead atoms. The molecular weight excluding hydrogens is 403 g/mol. The minimum atomic E-state index is -0.0165. The summed E-state index contributed by atoms with van der Waals surface area (Å²) in [7, 11) is 3.46. The second-order valence-corrected chi connectivity index (χ2v) is 5.44. The zero-order valence-electron chi connectivity index (χ0n) is 14.7. The summed E-state index contributed by atoms with van der Waals surface area (Å²) >= 11 is 0. The molecule has 0 aromatic heterocycles. The number of carbonyl (C=O) groups is 1. The summed E-state index contributed by atoms with van der Waals surface area (Å²) < 4.78 is 0. The van der Waals surface area contributed by atoms with Crippen LogP contribution in [0.2, 0.25) is 0 Å². The smallest absolute Gasteiger partial charge is 0.243 e. The van der Waals surface area contributed by atoms with Gasteiger partial charge in [0, 0.05) is 20.6 Å². The molecule has 0 fully saturated rings. The van der Waals surface area contributed by atoms with E-state index >= 15 is 0 Å². The Labute approximate surface area is 157 Å². The summed E-state index contributed by atoms with van der Waals surface area (Å²) in [5.41, 5.74) is 2.52. The molecule has 2 N–H and O–H groups in total. The first-order valence-electron chi connectivity index (χ1n) is 7.81. The van der Waals surface area contributed by atoms with Gasteiger partial charge in [-0.2, -0.15) is 0 Å². The van der Waals surface area contributed by atoms with E-state index in [1.807, 2.05) is 6.92 Å². The Morgan fingerprint density at radius 2 is 1.83 bits per heavy atom. The van der Waals surface area contributed by atoms with E-state index in [0.717, 1.165) is 13.0 Å². The predicted octanol–water partition coefficient (Wildman–Crippen LogP) is 2.57. The summed E-state index contributed by atoms with van der Waals surface area (Å²) in [6, 6.07) is 8.68. The van der Waals surface area contributed by atoms with Crippen LogP contribution >= 0.6 is 24.0 Å². The van der Waals surface area contributed by atoms with E-state index in [9.17, 15) is 4.79 Å². The minimum Gasteiger partial charge on any atom is -0.357 e. The topological polar surface area (TPSA) is 56.7 Å². The van der Waals surface area contributed by atoms with Crippen LogP contribution in [0.4, 0.5) is 0 Å². The zero-order valence-corrected chi connectivity index (χ0v) is 17.0. The average Bonchev–Trinajstić information content (AvgIpc) is 2.52.